The number of ketones is 1. The van der Waals surface area contributed by atoms with Gasteiger partial charge in [0, 0.05) is 66.9 Å². The van der Waals surface area contributed by atoms with Gasteiger partial charge in [0.1, 0.15) is 6.54 Å². The summed E-state index contributed by atoms with van der Waals surface area (Å²) in [5, 5.41) is 14.8. The molecule has 1 atom stereocenters. The average Bonchev–Trinajstić information content (AvgIpc) is 3.95. The molecule has 9 nitrogen and oxygen atoms in total. The van der Waals surface area contributed by atoms with E-state index >= 15 is 0 Å². The van der Waals surface area contributed by atoms with Crippen molar-refractivity contribution in [2.75, 3.05) is 57.0 Å². The van der Waals surface area contributed by atoms with E-state index in [9.17, 15) is 9.59 Å². The number of aryl methyl sites for hydroxylation is 1. The minimum Gasteiger partial charge on any atom is -0.356 e. The second-order valence-electron chi connectivity index (χ2n) is 18.3. The van der Waals surface area contributed by atoms with Gasteiger partial charge in [-0.15, -0.1) is 0 Å². The van der Waals surface area contributed by atoms with Gasteiger partial charge in [0.25, 0.3) is 0 Å². The van der Waals surface area contributed by atoms with Crippen molar-refractivity contribution in [1.29, 1.82) is 0 Å². The molecule has 4 heterocycles. The molecule has 0 aliphatic carbocycles. The zero-order valence-electron chi connectivity index (χ0n) is 41.1. The number of hydrogen-bond acceptors (Lipinski definition) is 8. The molecule has 4 aromatic carbocycles. The summed E-state index contributed by atoms with van der Waals surface area (Å²) in [4.78, 5) is 33.6. The normalized spacial score (nSPS) is 14.9. The van der Waals surface area contributed by atoms with E-state index in [1.807, 2.05) is 0 Å². The molecule has 0 spiro atoms. The number of pyridine rings is 2. The Balaban J connectivity index is 0.705. The van der Waals surface area contributed by atoms with Gasteiger partial charge in [0.2, 0.25) is 28.8 Å². The minimum atomic E-state index is -0.226. The summed E-state index contributed by atoms with van der Waals surface area (Å²) < 4.78 is 4.53. The smallest absolute Gasteiger partial charge is 0.219 e. The van der Waals surface area contributed by atoms with E-state index in [1.54, 1.807) is 23.5 Å². The van der Waals surface area contributed by atoms with Crippen molar-refractivity contribution < 1.29 is 18.7 Å². The molecule has 8 rings (SSSR count). The first-order valence-corrected chi connectivity index (χ1v) is 26.8. The van der Waals surface area contributed by atoms with Crippen LogP contribution < -0.4 is 30.0 Å². The lowest BCUT2D eigenvalue weighted by Crippen LogP contribution is -2.47. The molecule has 1 amide bonds. The maximum absolute atomic E-state index is 13.9. The van der Waals surface area contributed by atoms with Crippen LogP contribution in [0.15, 0.2) is 166 Å². The van der Waals surface area contributed by atoms with Crippen molar-refractivity contribution in [3.63, 3.8) is 0 Å². The number of fused-ring (bicyclic) bond motifs is 4. The number of thioether (sulfide) groups is 2. The van der Waals surface area contributed by atoms with E-state index in [4.69, 9.17) is 0 Å². The highest BCUT2D eigenvalue weighted by Gasteiger charge is 2.29. The van der Waals surface area contributed by atoms with Crippen LogP contribution in [-0.4, -0.2) is 63.4 Å². The van der Waals surface area contributed by atoms with Crippen molar-refractivity contribution in [2.45, 2.75) is 87.1 Å². The van der Waals surface area contributed by atoms with Crippen LogP contribution in [0.1, 0.15) is 81.9 Å². The highest BCUT2D eigenvalue weighted by atomic mass is 32.2. The number of unbranched alkanes of at least 4 members (excludes halogenated alkanes) is 3. The fourth-order valence-electron chi connectivity index (χ4n) is 9.27. The third-order valence-electron chi connectivity index (χ3n) is 13.1. The number of aromatic nitrogens is 2. The molecule has 2 aliphatic heterocycles. The second-order valence-corrected chi connectivity index (χ2v) is 20.4. The Hall–Kier alpha value is -5.98. The molecule has 0 saturated heterocycles. The van der Waals surface area contributed by atoms with Crippen molar-refractivity contribution >= 4 is 80.5 Å². The summed E-state index contributed by atoms with van der Waals surface area (Å²) in [5.41, 5.74) is 7.03. The lowest BCUT2D eigenvalue weighted by atomic mass is 10.0. The van der Waals surface area contributed by atoms with Crippen LogP contribution in [0.5, 0.6) is 0 Å². The number of benzene rings is 4. The number of Topliss-reactive ketones (excluding diaryl/α,β-unsaturated/α-hetero) is 1. The number of carbonyl (C=O) groups excluding carboxylic acids is 2. The molecule has 3 N–H and O–H groups in total. The van der Waals surface area contributed by atoms with Crippen LogP contribution in [0.4, 0.5) is 11.4 Å². The number of rotatable bonds is 25. The zero-order chi connectivity index (χ0) is 48.5. The summed E-state index contributed by atoms with van der Waals surface area (Å²) in [7, 11) is 4.25. The Kier molecular flexibility index (Phi) is 18.5. The van der Waals surface area contributed by atoms with E-state index in [2.05, 4.69) is 214 Å². The summed E-state index contributed by atoms with van der Waals surface area (Å²) in [6, 6.07) is 38.0. The molecular weight excluding hydrogens is 903 g/mol. The van der Waals surface area contributed by atoms with Crippen molar-refractivity contribution in [2.24, 2.45) is 0 Å². The first-order chi connectivity index (χ1) is 34.4. The number of para-hydroxylation sites is 4. The van der Waals surface area contributed by atoms with Gasteiger partial charge in [-0.1, -0.05) is 110 Å². The molecule has 0 bridgehead atoms. The fraction of sp³-hybridized carbons (Fsp3) is 0.322. The van der Waals surface area contributed by atoms with E-state index in [-0.39, 0.29) is 17.7 Å². The average molecular weight is 972 g/mol. The Labute approximate surface area is 423 Å². The highest BCUT2D eigenvalue weighted by molar-refractivity contribution is 8.04. The Bertz CT molecular complexity index is 2850. The first kappa shape index (κ1) is 50.4. The monoisotopic (exact) mass is 971 g/mol. The second kappa shape index (κ2) is 25.8. The van der Waals surface area contributed by atoms with Gasteiger partial charge in [0.05, 0.1) is 38.8 Å². The Morgan fingerprint density at radius 3 is 2.20 bits per heavy atom. The summed E-state index contributed by atoms with van der Waals surface area (Å²) in [6.07, 6.45) is 25.4. The lowest BCUT2D eigenvalue weighted by molar-refractivity contribution is -0.684. The summed E-state index contributed by atoms with van der Waals surface area (Å²) in [5.74, 6) is 0.361. The fourth-order valence-corrected chi connectivity index (χ4v) is 11.3. The van der Waals surface area contributed by atoms with Crippen LogP contribution >= 0.6 is 23.5 Å². The number of nitrogens with one attached hydrogen (secondary N) is 3. The molecule has 362 valence electrons. The molecule has 0 saturated carbocycles. The van der Waals surface area contributed by atoms with Gasteiger partial charge in [-0.2, -0.15) is 9.13 Å². The van der Waals surface area contributed by atoms with E-state index in [0.29, 0.717) is 19.5 Å². The molecule has 11 heteroatoms. The van der Waals surface area contributed by atoms with E-state index < -0.39 is 0 Å². The number of amides is 1. The zero-order valence-corrected chi connectivity index (χ0v) is 42.7. The van der Waals surface area contributed by atoms with Crippen LogP contribution in [-0.2, 0) is 16.1 Å². The quantitative estimate of drug-likeness (QED) is 0.0387. The predicted molar refractivity (Wildman–Crippen MR) is 294 cm³/mol. The maximum atomic E-state index is 13.9. The molecular formula is C59H69N7O2S2+2. The van der Waals surface area contributed by atoms with Gasteiger partial charge in [-0.05, 0) is 118 Å². The molecule has 1 unspecified atom stereocenters. The maximum Gasteiger partial charge on any atom is 0.219 e. The molecule has 2 aliphatic rings. The van der Waals surface area contributed by atoms with Gasteiger partial charge >= 0.3 is 0 Å². The van der Waals surface area contributed by atoms with Crippen LogP contribution in [0.25, 0.3) is 34.0 Å². The summed E-state index contributed by atoms with van der Waals surface area (Å²) >= 11 is 3.55. The lowest BCUT2D eigenvalue weighted by Gasteiger charge is -2.17. The summed E-state index contributed by atoms with van der Waals surface area (Å²) in [6.45, 7) is 6.76. The molecule has 2 aromatic heterocycles. The SMILES string of the molecule is CCCCC(C(=O)CNCCCN(C)CCCNC(=O)CCCCC[n+]1ccc(C=CC=C2Nc3ccccc3S2)c2ccccc21)[n+]1ccc(C=CC=C2Sc3ccccc3N2C)c2ccccc21. The van der Waals surface area contributed by atoms with Gasteiger partial charge < -0.3 is 25.8 Å². The number of hydrogen-bond donors (Lipinski definition) is 3. The van der Waals surface area contributed by atoms with Gasteiger partial charge in [-0.25, -0.2) is 0 Å². The highest BCUT2D eigenvalue weighted by Crippen LogP contribution is 2.44. The standard InChI is InChI=1S/C59H67N7O2S2/c1-4-5-26-52(66-43-36-46(48-24-9-12-28-51(48)66)22-18-34-59-64(3)53-29-13-15-31-56(53)70-59)54(67)44-60-37-19-39-63(2)40-20-38-61-57(68)32-7-6-16-41-65-42-35-45(47-23-8-11-27-50(47)65)21-17-33-58-62-49-25-10-14-30-55(49)69-58/h8-15,17-18,21-25,27-31,33-36,42-43,52,60H,4-7,16,19-20,26,32,37-41,44H2,1-3H3/p+2. The molecule has 0 fully saturated rings. The Morgan fingerprint density at radius 1 is 0.729 bits per heavy atom. The Morgan fingerprint density at radius 2 is 1.41 bits per heavy atom. The van der Waals surface area contributed by atoms with Crippen molar-refractivity contribution in [1.82, 2.24) is 15.5 Å². The van der Waals surface area contributed by atoms with Gasteiger partial charge in [-0.3, -0.25) is 9.59 Å². The largest absolute Gasteiger partial charge is 0.356 e. The van der Waals surface area contributed by atoms with Crippen molar-refractivity contribution in [3.05, 3.63) is 167 Å². The third-order valence-corrected chi connectivity index (χ3v) is 15.3. The molecule has 6 aromatic rings. The molecule has 70 heavy (non-hydrogen) atoms. The van der Waals surface area contributed by atoms with Crippen molar-refractivity contribution in [3.8, 4) is 0 Å². The number of anilines is 2. The van der Waals surface area contributed by atoms with Crippen LogP contribution in [0, 0.1) is 0 Å². The number of allylic oxidation sites excluding steroid dienone is 4. The predicted octanol–water partition coefficient (Wildman–Crippen LogP) is 11.7. The topological polar surface area (TPSA) is 84.5 Å². The number of nitrogens with zero attached hydrogens (tertiary/aromatic N) is 4. The third kappa shape index (κ3) is 13.5. The first-order valence-electron chi connectivity index (χ1n) is 25.2. The molecule has 0 radical (unpaired) electrons. The van der Waals surface area contributed by atoms with Crippen LogP contribution in [0.3, 0.4) is 0 Å². The van der Waals surface area contributed by atoms with E-state index in [1.165, 1.54) is 37.0 Å². The van der Waals surface area contributed by atoms with Crippen LogP contribution in [0.2, 0.25) is 0 Å². The minimum absolute atomic E-state index is 0.138. The van der Waals surface area contributed by atoms with Gasteiger partial charge in [0.15, 0.2) is 12.4 Å². The number of carbonyl (C=O) groups is 2. The van der Waals surface area contributed by atoms with E-state index in [0.717, 1.165) is 105 Å².